The third kappa shape index (κ3) is 3.13. The van der Waals surface area contributed by atoms with Crippen LogP contribution >= 0.6 is 22.9 Å². The van der Waals surface area contributed by atoms with E-state index in [2.05, 4.69) is 19.1 Å². The summed E-state index contributed by atoms with van der Waals surface area (Å²) < 4.78 is 11.7. The number of aliphatic hydroxyl groups excluding tert-OH is 3. The molecular weight excluding hydrogens is 388 g/mol. The summed E-state index contributed by atoms with van der Waals surface area (Å²) in [6, 6.07) is 7.97. The lowest BCUT2D eigenvalue weighted by molar-refractivity contribution is -0.362. The predicted molar refractivity (Wildman–Crippen MR) is 103 cm³/mol. The summed E-state index contributed by atoms with van der Waals surface area (Å²) in [6.45, 7) is 4.00. The maximum Gasteiger partial charge on any atom is 0.225 e. The summed E-state index contributed by atoms with van der Waals surface area (Å²) in [5.41, 5.74) is 2.40. The molecule has 3 heterocycles. The van der Waals surface area contributed by atoms with Gasteiger partial charge in [-0.1, -0.05) is 18.5 Å². The van der Waals surface area contributed by atoms with Gasteiger partial charge in [0.15, 0.2) is 0 Å². The van der Waals surface area contributed by atoms with E-state index < -0.39 is 30.2 Å². The largest absolute Gasteiger partial charge is 0.388 e. The monoisotopic (exact) mass is 410 g/mol. The molecule has 5 atom stereocenters. The lowest BCUT2D eigenvalue weighted by Crippen LogP contribution is -2.62. The van der Waals surface area contributed by atoms with E-state index in [0.29, 0.717) is 17.0 Å². The molecule has 2 aliphatic rings. The molecule has 1 aromatic heterocycles. The van der Waals surface area contributed by atoms with E-state index in [1.165, 1.54) is 9.75 Å². The minimum atomic E-state index is -1.49. The number of ether oxygens (including phenoxy) is 2. The van der Waals surface area contributed by atoms with Gasteiger partial charge in [-0.15, -0.1) is 11.3 Å². The highest BCUT2D eigenvalue weighted by molar-refractivity contribution is 7.12. The van der Waals surface area contributed by atoms with Crippen LogP contribution < -0.4 is 0 Å². The zero-order valence-electron chi connectivity index (χ0n) is 15.2. The van der Waals surface area contributed by atoms with Gasteiger partial charge in [-0.2, -0.15) is 0 Å². The molecule has 0 bridgehead atoms. The number of rotatable bonds is 3. The van der Waals surface area contributed by atoms with Crippen molar-refractivity contribution in [1.29, 1.82) is 0 Å². The van der Waals surface area contributed by atoms with E-state index >= 15 is 0 Å². The molecule has 5 nitrogen and oxygen atoms in total. The van der Waals surface area contributed by atoms with E-state index in [1.54, 1.807) is 18.3 Å². The van der Waals surface area contributed by atoms with Crippen molar-refractivity contribution in [2.45, 2.75) is 63.5 Å². The molecule has 2 aliphatic heterocycles. The average Bonchev–Trinajstić information content (AvgIpc) is 3.24. The third-order valence-corrected chi connectivity index (χ3v) is 7.01. The number of aliphatic hydroxyl groups is 3. The summed E-state index contributed by atoms with van der Waals surface area (Å²) in [4.78, 5) is 2.52. The fourth-order valence-corrected chi connectivity index (χ4v) is 5.08. The lowest BCUT2D eigenvalue weighted by Gasteiger charge is -2.45. The molecule has 0 radical (unpaired) electrons. The van der Waals surface area contributed by atoms with E-state index in [-0.39, 0.29) is 6.61 Å². The Bertz CT molecular complexity index is 853. The number of fused-ring (bicyclic) bond motifs is 2. The Morgan fingerprint density at radius 3 is 2.63 bits per heavy atom. The number of aryl methyl sites for hydroxylation is 1. The summed E-state index contributed by atoms with van der Waals surface area (Å²) in [6.07, 6.45) is -2.95. The third-order valence-electron chi connectivity index (χ3n) is 5.42. The van der Waals surface area contributed by atoms with Gasteiger partial charge in [-0.05, 0) is 48.7 Å². The first kappa shape index (κ1) is 19.3. The first-order chi connectivity index (χ1) is 12.9. The minimum Gasteiger partial charge on any atom is -0.388 e. The zero-order chi connectivity index (χ0) is 19.3. The maximum atomic E-state index is 10.7. The van der Waals surface area contributed by atoms with Crippen molar-refractivity contribution in [1.82, 2.24) is 0 Å². The fourth-order valence-electron chi connectivity index (χ4n) is 3.84. The molecule has 1 saturated heterocycles. The zero-order valence-corrected chi connectivity index (χ0v) is 16.8. The maximum absolute atomic E-state index is 10.7. The van der Waals surface area contributed by atoms with Crippen molar-refractivity contribution < 1.29 is 24.8 Å². The normalized spacial score (nSPS) is 32.8. The standard InChI is InChI=1S/C20H23ClO5S/c1-3-13-4-5-14(27-13)6-11-7-15-12(8-16(11)21)9-25-20(15)19(24)18(23)17(22)10(2)26-20/h4-5,7-8,10,17-19,22-24H,3,6,9H2,1-2H3/t10-,17-,18+,19-,20+/m1/s1. The smallest absolute Gasteiger partial charge is 0.225 e. The number of benzene rings is 1. The van der Waals surface area contributed by atoms with Crippen LogP contribution in [0.3, 0.4) is 0 Å². The number of hydrogen-bond donors (Lipinski definition) is 3. The van der Waals surface area contributed by atoms with Crippen LogP contribution in [0.15, 0.2) is 24.3 Å². The van der Waals surface area contributed by atoms with Crippen LogP contribution in [0.25, 0.3) is 0 Å². The summed E-state index contributed by atoms with van der Waals surface area (Å²) in [7, 11) is 0. The molecule has 0 amide bonds. The van der Waals surface area contributed by atoms with Crippen LogP contribution in [0.4, 0.5) is 0 Å². The highest BCUT2D eigenvalue weighted by Crippen LogP contribution is 2.47. The molecule has 0 aliphatic carbocycles. The molecule has 1 fully saturated rings. The highest BCUT2D eigenvalue weighted by atomic mass is 35.5. The summed E-state index contributed by atoms with van der Waals surface area (Å²) in [5, 5.41) is 31.6. The van der Waals surface area contributed by atoms with Crippen LogP contribution in [0, 0.1) is 0 Å². The molecule has 0 unspecified atom stereocenters. The van der Waals surface area contributed by atoms with E-state index in [1.807, 2.05) is 12.1 Å². The van der Waals surface area contributed by atoms with Crippen molar-refractivity contribution in [2.24, 2.45) is 0 Å². The molecular formula is C20H23ClO5S. The number of halogens is 1. The Balaban J connectivity index is 1.72. The molecule has 1 spiro atoms. The van der Waals surface area contributed by atoms with Gasteiger partial charge in [0, 0.05) is 26.8 Å². The average molecular weight is 411 g/mol. The molecule has 0 saturated carbocycles. The van der Waals surface area contributed by atoms with Crippen molar-refractivity contribution in [3.05, 3.63) is 55.7 Å². The van der Waals surface area contributed by atoms with Crippen molar-refractivity contribution >= 4 is 22.9 Å². The molecule has 4 rings (SSSR count). The highest BCUT2D eigenvalue weighted by Gasteiger charge is 2.57. The second kappa shape index (κ2) is 7.12. The van der Waals surface area contributed by atoms with Crippen molar-refractivity contribution in [2.75, 3.05) is 0 Å². The molecule has 2 aromatic rings. The van der Waals surface area contributed by atoms with Gasteiger partial charge in [-0.3, -0.25) is 0 Å². The van der Waals surface area contributed by atoms with Gasteiger partial charge in [-0.25, -0.2) is 0 Å². The quantitative estimate of drug-likeness (QED) is 0.725. The van der Waals surface area contributed by atoms with Gasteiger partial charge in [0.2, 0.25) is 5.79 Å². The van der Waals surface area contributed by atoms with Gasteiger partial charge in [0.25, 0.3) is 0 Å². The van der Waals surface area contributed by atoms with Gasteiger partial charge in [0.05, 0.1) is 12.7 Å². The minimum absolute atomic E-state index is 0.223. The second-order valence-electron chi connectivity index (χ2n) is 7.20. The van der Waals surface area contributed by atoms with Gasteiger partial charge in [0.1, 0.15) is 18.3 Å². The summed E-state index contributed by atoms with van der Waals surface area (Å²) in [5.74, 6) is -1.49. The Hall–Kier alpha value is -0.990. The second-order valence-corrected chi connectivity index (χ2v) is 8.86. The van der Waals surface area contributed by atoms with Crippen LogP contribution in [-0.4, -0.2) is 39.7 Å². The van der Waals surface area contributed by atoms with Gasteiger partial charge >= 0.3 is 0 Å². The molecule has 1 aromatic carbocycles. The lowest BCUT2D eigenvalue weighted by atomic mass is 9.87. The number of hydrogen-bond acceptors (Lipinski definition) is 6. The van der Waals surface area contributed by atoms with E-state index in [9.17, 15) is 15.3 Å². The Kier molecular flexibility index (Phi) is 5.10. The topological polar surface area (TPSA) is 79.2 Å². The van der Waals surface area contributed by atoms with Crippen molar-refractivity contribution in [3.8, 4) is 0 Å². The predicted octanol–water partition coefficient (Wildman–Crippen LogP) is 2.74. The van der Waals surface area contributed by atoms with E-state index in [0.717, 1.165) is 17.5 Å². The van der Waals surface area contributed by atoms with E-state index in [4.69, 9.17) is 21.1 Å². The Morgan fingerprint density at radius 1 is 1.19 bits per heavy atom. The Labute approximate surface area is 167 Å². The molecule has 146 valence electrons. The first-order valence-corrected chi connectivity index (χ1v) is 10.3. The summed E-state index contributed by atoms with van der Waals surface area (Å²) >= 11 is 8.25. The SMILES string of the molecule is CCc1ccc(Cc2cc3c(cc2Cl)CO[C@]32O[C@H](C)[C@@H](O)[C@H](O)[C@H]2O)s1. The van der Waals surface area contributed by atoms with Crippen LogP contribution in [0.2, 0.25) is 5.02 Å². The van der Waals surface area contributed by atoms with Gasteiger partial charge < -0.3 is 24.8 Å². The van der Waals surface area contributed by atoms with Crippen LogP contribution in [0.1, 0.15) is 40.3 Å². The molecule has 27 heavy (non-hydrogen) atoms. The Morgan fingerprint density at radius 2 is 1.93 bits per heavy atom. The van der Waals surface area contributed by atoms with Crippen LogP contribution in [-0.2, 0) is 34.7 Å². The fraction of sp³-hybridized carbons (Fsp3) is 0.500. The van der Waals surface area contributed by atoms with Crippen molar-refractivity contribution in [3.63, 3.8) is 0 Å². The van der Waals surface area contributed by atoms with Crippen LogP contribution in [0.5, 0.6) is 0 Å². The number of thiophene rings is 1. The molecule has 7 heteroatoms. The first-order valence-electron chi connectivity index (χ1n) is 9.11. The molecule has 3 N–H and O–H groups in total.